The first-order valence-electron chi connectivity index (χ1n) is 11.2. The summed E-state index contributed by atoms with van der Waals surface area (Å²) in [5.74, 6) is -0.824. The second kappa shape index (κ2) is 8.16. The summed E-state index contributed by atoms with van der Waals surface area (Å²) in [6.45, 7) is 0.838. The molecule has 2 fully saturated rings. The van der Waals surface area contributed by atoms with Gasteiger partial charge in [0.05, 0.1) is 0 Å². The minimum absolute atomic E-state index is 0. The predicted molar refractivity (Wildman–Crippen MR) is 121 cm³/mol. The number of nitrogens with zero attached hydrogens (tertiary/aromatic N) is 1. The highest BCUT2D eigenvalue weighted by molar-refractivity contribution is 8.93. The summed E-state index contributed by atoms with van der Waals surface area (Å²) in [6, 6.07) is 3.85. The van der Waals surface area contributed by atoms with Crippen LogP contribution in [0.2, 0.25) is 0 Å². The van der Waals surface area contributed by atoms with Crippen LogP contribution in [0.5, 0.6) is 11.5 Å². The molecule has 3 heterocycles. The first-order chi connectivity index (χ1) is 15.7. The van der Waals surface area contributed by atoms with Gasteiger partial charge in [-0.25, -0.2) is 4.79 Å². The molecule has 5 aliphatic rings. The van der Waals surface area contributed by atoms with Crippen molar-refractivity contribution in [1.82, 2.24) is 4.90 Å². The lowest BCUT2D eigenvalue weighted by atomic mass is 9.53. The largest absolute Gasteiger partial charge is 0.504 e. The van der Waals surface area contributed by atoms with Gasteiger partial charge in [-0.2, -0.15) is 0 Å². The molecule has 1 spiro atoms. The maximum absolute atomic E-state index is 11.5. The fourth-order valence-electron chi connectivity index (χ4n) is 6.66. The van der Waals surface area contributed by atoms with Crippen LogP contribution in [0.1, 0.15) is 17.5 Å². The summed E-state index contributed by atoms with van der Waals surface area (Å²) in [5, 5.41) is 50.5. The van der Waals surface area contributed by atoms with Crippen LogP contribution in [0.15, 0.2) is 24.3 Å². The van der Waals surface area contributed by atoms with E-state index in [-0.39, 0.29) is 34.7 Å². The van der Waals surface area contributed by atoms with Gasteiger partial charge in [0.2, 0.25) is 0 Å². The fourth-order valence-corrected chi connectivity index (χ4v) is 6.66. The van der Waals surface area contributed by atoms with Crippen molar-refractivity contribution in [1.29, 1.82) is 0 Å². The van der Waals surface area contributed by atoms with Crippen LogP contribution >= 0.6 is 17.0 Å². The zero-order valence-corrected chi connectivity index (χ0v) is 20.1. The van der Waals surface area contributed by atoms with Crippen LogP contribution in [0.4, 0.5) is 0 Å². The van der Waals surface area contributed by atoms with Gasteiger partial charge >= 0.3 is 5.97 Å². The Hall–Kier alpha value is -1.73. The molecule has 1 aromatic carbocycles. The van der Waals surface area contributed by atoms with Gasteiger partial charge in [-0.3, -0.25) is 0 Å². The number of benzene rings is 1. The van der Waals surface area contributed by atoms with Gasteiger partial charge in [0.1, 0.15) is 30.5 Å². The number of likely N-dealkylation sites (tertiary alicyclic amines) is 1. The van der Waals surface area contributed by atoms with Crippen molar-refractivity contribution in [3.05, 3.63) is 35.4 Å². The first-order valence-corrected chi connectivity index (χ1v) is 11.2. The second-order valence-corrected chi connectivity index (χ2v) is 9.78. The van der Waals surface area contributed by atoms with Gasteiger partial charge in [0, 0.05) is 22.9 Å². The standard InChI is InChI=1S/C23H27NO9.BrH/c1-24-7-6-23-10-3-5-13(31-22-17(28)15(26)16(27)19(33-22)21(29)30)20(23)32-18-12(25)4-2-9(14(18)23)8-11(10)24;/h2-5,10-11,13,15-17,19-20,22,25-28H,6-8H2,1H3,(H,29,30);1H/t10-,11+,13-,15-,16-,17+,19-,20-,22+,23-;/m0./s1. The molecule has 2 bridgehead atoms. The molecule has 6 rings (SSSR count). The minimum atomic E-state index is -1.79. The van der Waals surface area contributed by atoms with Crippen molar-refractivity contribution in [2.75, 3.05) is 13.6 Å². The molecule has 3 aliphatic heterocycles. The van der Waals surface area contributed by atoms with E-state index < -0.39 is 54.3 Å². The molecule has 2 aliphatic carbocycles. The number of aliphatic hydroxyl groups excluding tert-OH is 3. The van der Waals surface area contributed by atoms with Crippen molar-refractivity contribution in [2.45, 2.75) is 67.2 Å². The molecule has 0 radical (unpaired) electrons. The van der Waals surface area contributed by atoms with Gasteiger partial charge in [0.15, 0.2) is 23.9 Å². The van der Waals surface area contributed by atoms with E-state index in [0.29, 0.717) is 5.75 Å². The number of halogens is 1. The summed E-state index contributed by atoms with van der Waals surface area (Å²) < 4.78 is 17.7. The van der Waals surface area contributed by atoms with Gasteiger partial charge in [-0.15, -0.1) is 17.0 Å². The number of carboxylic acid groups (broad SMARTS) is 1. The highest BCUT2D eigenvalue weighted by atomic mass is 79.9. The van der Waals surface area contributed by atoms with E-state index >= 15 is 0 Å². The van der Waals surface area contributed by atoms with Crippen LogP contribution in [0.25, 0.3) is 0 Å². The second-order valence-electron chi connectivity index (χ2n) is 9.78. The van der Waals surface area contributed by atoms with Crippen molar-refractivity contribution >= 4 is 23.0 Å². The third kappa shape index (κ3) is 3.05. The van der Waals surface area contributed by atoms with Crippen molar-refractivity contribution in [2.24, 2.45) is 5.92 Å². The number of likely N-dealkylation sites (N-methyl/N-ethyl adjacent to an activating group) is 1. The first kappa shape index (κ1) is 24.0. The van der Waals surface area contributed by atoms with Crippen LogP contribution < -0.4 is 4.74 Å². The number of ether oxygens (including phenoxy) is 3. The molecule has 186 valence electrons. The molecular weight excluding hydrogens is 514 g/mol. The van der Waals surface area contributed by atoms with Gasteiger partial charge in [-0.05, 0) is 38.1 Å². The van der Waals surface area contributed by atoms with Crippen LogP contribution in [0.3, 0.4) is 0 Å². The van der Waals surface area contributed by atoms with Crippen molar-refractivity contribution < 1.29 is 44.5 Å². The van der Waals surface area contributed by atoms with E-state index in [9.17, 15) is 30.3 Å². The number of aromatic hydroxyl groups is 1. The molecule has 10 atom stereocenters. The highest BCUT2D eigenvalue weighted by Gasteiger charge is 2.65. The third-order valence-electron chi connectivity index (χ3n) is 8.23. The molecule has 0 unspecified atom stereocenters. The Kier molecular flexibility index (Phi) is 5.75. The summed E-state index contributed by atoms with van der Waals surface area (Å²) >= 11 is 0. The molecule has 0 aromatic heterocycles. The van der Waals surface area contributed by atoms with E-state index in [1.165, 1.54) is 0 Å². The molecule has 11 heteroatoms. The van der Waals surface area contributed by atoms with Gasteiger partial charge in [0.25, 0.3) is 0 Å². The zero-order valence-electron chi connectivity index (χ0n) is 18.4. The Morgan fingerprint density at radius 1 is 1.18 bits per heavy atom. The van der Waals surface area contributed by atoms with E-state index in [1.54, 1.807) is 6.07 Å². The Labute approximate surface area is 206 Å². The molecule has 0 amide bonds. The number of phenols is 1. The Bertz CT molecular complexity index is 1040. The smallest absolute Gasteiger partial charge is 0.335 e. The normalized spacial score (nSPS) is 44.1. The number of rotatable bonds is 3. The van der Waals surface area contributed by atoms with Crippen LogP contribution in [0, 0.1) is 5.92 Å². The Morgan fingerprint density at radius 2 is 1.94 bits per heavy atom. The summed E-state index contributed by atoms with van der Waals surface area (Å²) in [5.41, 5.74) is 1.69. The third-order valence-corrected chi connectivity index (χ3v) is 8.23. The van der Waals surface area contributed by atoms with Crippen molar-refractivity contribution in [3.8, 4) is 11.5 Å². The van der Waals surface area contributed by atoms with Gasteiger partial charge in [-0.1, -0.05) is 18.2 Å². The predicted octanol–water partition coefficient (Wildman–Crippen LogP) is -0.308. The van der Waals surface area contributed by atoms with E-state index in [4.69, 9.17) is 14.2 Å². The summed E-state index contributed by atoms with van der Waals surface area (Å²) in [4.78, 5) is 13.8. The quantitative estimate of drug-likeness (QED) is 0.322. The number of aliphatic hydroxyl groups is 3. The monoisotopic (exact) mass is 541 g/mol. The lowest BCUT2D eigenvalue weighted by Gasteiger charge is -2.57. The number of aliphatic carboxylic acids is 1. The molecule has 34 heavy (non-hydrogen) atoms. The average molecular weight is 542 g/mol. The van der Waals surface area contributed by atoms with Crippen molar-refractivity contribution in [3.63, 3.8) is 0 Å². The zero-order chi connectivity index (χ0) is 23.2. The maximum atomic E-state index is 11.5. The number of carboxylic acids is 1. The SMILES string of the molecule is Br.CN1CC[C@]23c4c5ccc(O)c4O[C@H]2[C@@H](O[C@@H]2O[C@H](C(=O)O)[C@@H](O)[C@H](O)[C@H]2O)C=C[C@H]3[C@H]1C5. The molecule has 0 saturated carbocycles. The van der Waals surface area contributed by atoms with E-state index in [1.807, 2.05) is 12.1 Å². The number of carbonyl (C=O) groups is 1. The lowest BCUT2D eigenvalue weighted by Crippen LogP contribution is -2.66. The average Bonchev–Trinajstić information content (AvgIpc) is 3.14. The Morgan fingerprint density at radius 3 is 2.68 bits per heavy atom. The topological polar surface area (TPSA) is 149 Å². The summed E-state index contributed by atoms with van der Waals surface area (Å²) in [7, 11) is 2.11. The molecule has 2 saturated heterocycles. The lowest BCUT2D eigenvalue weighted by molar-refractivity contribution is -0.307. The highest BCUT2D eigenvalue weighted by Crippen LogP contribution is 2.62. The maximum Gasteiger partial charge on any atom is 0.335 e. The number of phenolic OH excluding ortho intramolecular Hbond substituents is 1. The molecule has 1 aromatic rings. The van der Waals surface area contributed by atoms with E-state index in [2.05, 4.69) is 18.0 Å². The van der Waals surface area contributed by atoms with Crippen LogP contribution in [-0.4, -0.2) is 98.9 Å². The molecule has 5 N–H and O–H groups in total. The number of piperidine rings is 1. The van der Waals surface area contributed by atoms with Gasteiger partial charge < -0.3 is 44.6 Å². The summed E-state index contributed by atoms with van der Waals surface area (Å²) in [6.07, 6.45) is -4.16. The molecular formula is C23H28BrNO9. The Balaban J connectivity index is 0.00000241. The number of hydrogen-bond donors (Lipinski definition) is 5. The van der Waals surface area contributed by atoms with E-state index in [0.717, 1.165) is 30.5 Å². The fraction of sp³-hybridized carbons (Fsp3) is 0.609. The molecule has 10 nitrogen and oxygen atoms in total. The number of hydrogen-bond acceptors (Lipinski definition) is 9. The minimum Gasteiger partial charge on any atom is -0.504 e. The van der Waals surface area contributed by atoms with Crippen LogP contribution in [-0.2, 0) is 26.1 Å².